The van der Waals surface area contributed by atoms with Crippen LogP contribution in [-0.2, 0) is 26.4 Å². The van der Waals surface area contributed by atoms with E-state index in [1.54, 1.807) is 36.5 Å². The highest BCUT2D eigenvalue weighted by molar-refractivity contribution is 7.90. The van der Waals surface area contributed by atoms with Crippen LogP contribution in [0.15, 0.2) is 81.2 Å². The molecule has 6 aromatic rings. The van der Waals surface area contributed by atoms with Crippen LogP contribution < -0.4 is 34.7 Å². The molecule has 0 saturated heterocycles. The Balaban J connectivity index is 0.000000220. The number of anilines is 1. The maximum atomic E-state index is 12.9. The molecule has 0 aliphatic carbocycles. The summed E-state index contributed by atoms with van der Waals surface area (Å²) >= 11 is 18.3. The fourth-order valence-corrected chi connectivity index (χ4v) is 6.70. The van der Waals surface area contributed by atoms with Crippen LogP contribution in [0.25, 0.3) is 16.6 Å². The number of hydrogen-bond donors (Lipinski definition) is 3. The molecule has 2 amide bonds. The molecule has 0 saturated carbocycles. The first kappa shape index (κ1) is 51.2. The molecule has 0 spiro atoms. The van der Waals surface area contributed by atoms with Crippen molar-refractivity contribution < 1.29 is 59.6 Å². The normalized spacial score (nSPS) is 11.4. The zero-order valence-corrected chi connectivity index (χ0v) is 38.1. The average molecular weight is 990 g/mol. The van der Waals surface area contributed by atoms with Crippen molar-refractivity contribution in [2.24, 2.45) is 0 Å². The second-order valence-corrected chi connectivity index (χ2v) is 16.9. The third kappa shape index (κ3) is 14.0. The monoisotopic (exact) mass is 988 g/mol. The van der Waals surface area contributed by atoms with Crippen LogP contribution in [0.1, 0.15) is 46.1 Å². The van der Waals surface area contributed by atoms with E-state index in [4.69, 9.17) is 63.3 Å². The predicted octanol–water partition coefficient (Wildman–Crippen LogP) is 7.99. The van der Waals surface area contributed by atoms with Gasteiger partial charge in [0.2, 0.25) is 23.6 Å². The number of aromatic nitrogens is 6. The fourth-order valence-electron chi connectivity index (χ4n) is 4.91. The zero-order valence-electron chi connectivity index (χ0n) is 35.0. The lowest BCUT2D eigenvalue weighted by Crippen LogP contribution is -2.36. The molecule has 65 heavy (non-hydrogen) atoms. The molecule has 348 valence electrons. The second kappa shape index (κ2) is 21.5. The number of pyridine rings is 2. The molecule has 0 aliphatic rings. The number of carboxylic acids is 1. The predicted molar refractivity (Wildman–Crippen MR) is 230 cm³/mol. The Morgan fingerprint density at radius 1 is 0.892 bits per heavy atom. The number of amides is 2. The first-order valence-electron chi connectivity index (χ1n) is 18.3. The van der Waals surface area contributed by atoms with Crippen molar-refractivity contribution in [3.63, 3.8) is 0 Å². The lowest BCUT2D eigenvalue weighted by molar-refractivity contribution is -0.140. The average Bonchev–Trinajstić information content (AvgIpc) is 3.63. The molecular weight excluding hydrogens is 952 g/mol. The maximum Gasteiger partial charge on any atom is 0.442 e. The summed E-state index contributed by atoms with van der Waals surface area (Å²) in [6.45, 7) is 9.07. The molecule has 0 aliphatic heterocycles. The van der Waals surface area contributed by atoms with Gasteiger partial charge < -0.3 is 28.5 Å². The first-order valence-corrected chi connectivity index (χ1v) is 20.9. The highest BCUT2D eigenvalue weighted by Crippen LogP contribution is 2.35. The van der Waals surface area contributed by atoms with Gasteiger partial charge in [0.1, 0.15) is 17.0 Å². The fraction of sp³-hybridized carbons (Fsp3) is 0.282. The van der Waals surface area contributed by atoms with E-state index in [0.717, 1.165) is 22.3 Å². The van der Waals surface area contributed by atoms with E-state index in [-0.39, 0.29) is 28.3 Å². The minimum Gasteiger partial charge on any atom is -0.489 e. The van der Waals surface area contributed by atoms with Crippen molar-refractivity contribution in [3.05, 3.63) is 104 Å². The summed E-state index contributed by atoms with van der Waals surface area (Å²) in [6, 6.07) is 11.2. The molecule has 6 rings (SSSR count). The summed E-state index contributed by atoms with van der Waals surface area (Å²) < 4.78 is 91.2. The smallest absolute Gasteiger partial charge is 0.442 e. The summed E-state index contributed by atoms with van der Waals surface area (Å²) in [5, 5.41) is 15.3. The Bertz CT molecular complexity index is 2820. The topological polar surface area (TPSA) is 249 Å². The van der Waals surface area contributed by atoms with E-state index in [2.05, 4.69) is 25.0 Å². The van der Waals surface area contributed by atoms with Gasteiger partial charge in [-0.2, -0.15) is 36.2 Å². The first-order chi connectivity index (χ1) is 30.3. The maximum absolute atomic E-state index is 12.9. The van der Waals surface area contributed by atoms with Crippen LogP contribution >= 0.6 is 34.8 Å². The van der Waals surface area contributed by atoms with Crippen molar-refractivity contribution in [3.8, 4) is 28.9 Å². The molecule has 0 radical (unpaired) electrons. The Morgan fingerprint density at radius 2 is 1.52 bits per heavy atom. The Labute approximate surface area is 382 Å². The molecule has 19 nitrogen and oxygen atoms in total. The van der Waals surface area contributed by atoms with Gasteiger partial charge in [0, 0.05) is 29.3 Å². The molecule has 4 aromatic heterocycles. The number of ether oxygens (including phenoxy) is 4. The van der Waals surface area contributed by atoms with Gasteiger partial charge in [0.25, 0.3) is 10.0 Å². The molecule has 3 N–H and O–H groups in total. The number of fused-ring (bicyclic) bond motifs is 1. The van der Waals surface area contributed by atoms with Crippen LogP contribution in [-0.4, -0.2) is 82.2 Å². The summed E-state index contributed by atoms with van der Waals surface area (Å²) in [5.74, 6) is -0.881. The van der Waals surface area contributed by atoms with Crippen LogP contribution in [0.5, 0.6) is 23.3 Å². The van der Waals surface area contributed by atoms with Crippen LogP contribution in [0, 0.1) is 0 Å². The van der Waals surface area contributed by atoms with Gasteiger partial charge in [0.05, 0.1) is 52.7 Å². The molecule has 4 heterocycles. The summed E-state index contributed by atoms with van der Waals surface area (Å²) in [4.78, 5) is 49.1. The number of urea groups is 1. The number of sulfonamides is 1. The third-order valence-electron chi connectivity index (χ3n) is 7.69. The number of nitrogens with one attached hydrogen (secondary N) is 2. The number of nitrogens with zero attached hydrogens (tertiary/aromatic N) is 6. The van der Waals surface area contributed by atoms with Gasteiger partial charge in [-0.05, 0) is 56.3 Å². The SMILES string of the molecule is CC(C)Oc1cc(-n2nc(C(C)(C)C)oc2=O)c(Cl)cc1Cl.COc1cc(OC)nc(NC(=O)NS(=O)(=O)c2ncccc2C(F)(F)F)n1.O=C(O)COc1ccc(Cl)c2cccnc12. The van der Waals surface area contributed by atoms with Gasteiger partial charge in [-0.1, -0.05) is 55.6 Å². The van der Waals surface area contributed by atoms with Gasteiger partial charge >= 0.3 is 23.9 Å². The number of carbonyl (C=O) groups excluding carboxylic acids is 1. The van der Waals surface area contributed by atoms with Crippen LogP contribution in [0.2, 0.25) is 15.1 Å². The number of methoxy groups -OCH3 is 2. The number of hydrogen-bond acceptors (Lipinski definition) is 15. The number of carbonyl (C=O) groups is 2. The minimum atomic E-state index is -4.99. The largest absolute Gasteiger partial charge is 0.489 e. The van der Waals surface area contributed by atoms with Crippen LogP contribution in [0.4, 0.5) is 23.9 Å². The quantitative estimate of drug-likeness (QED) is 0.111. The summed E-state index contributed by atoms with van der Waals surface area (Å²) in [6.07, 6.45) is -2.60. The number of aliphatic carboxylic acids is 1. The molecule has 2 aromatic carbocycles. The molecule has 26 heteroatoms. The van der Waals surface area contributed by atoms with E-state index < -0.39 is 57.1 Å². The van der Waals surface area contributed by atoms with Crippen molar-refractivity contribution in [2.45, 2.75) is 57.3 Å². The zero-order chi connectivity index (χ0) is 48.4. The lowest BCUT2D eigenvalue weighted by Gasteiger charge is -2.13. The van der Waals surface area contributed by atoms with E-state index in [0.29, 0.717) is 44.7 Å². The third-order valence-corrected chi connectivity index (χ3v) is 9.91. The molecule has 0 unspecified atom stereocenters. The summed E-state index contributed by atoms with van der Waals surface area (Å²) in [7, 11) is -2.39. The molecule has 0 bridgehead atoms. The standard InChI is InChI=1S/C15H18Cl2N2O3.C13H12F3N5O5S.C11H8ClNO3/c1-8(2)21-12-7-11(9(16)6-10(12)17)19-14(20)22-13(18-19)15(3,4)5;1-25-8-6-9(26-2)19-11(18-8)20-12(22)21-27(23,24)10-7(13(14,15)16)4-3-5-17-10;12-8-3-4-9(16-6-10(14)15)11-7(8)2-1-5-13-11/h6-8H,1-5H3;3-6H,1-2H3,(H2,18,19,20,21,22);1-5H,6H2,(H,14,15). The second-order valence-electron chi connectivity index (χ2n) is 14.1. The lowest BCUT2D eigenvalue weighted by atomic mass is 9.97. The summed E-state index contributed by atoms with van der Waals surface area (Å²) in [5.41, 5.74) is -0.979. The Kier molecular flexibility index (Phi) is 16.9. The van der Waals surface area contributed by atoms with Gasteiger partial charge in [-0.3, -0.25) is 10.3 Å². The minimum absolute atomic E-state index is 0.0101. The Morgan fingerprint density at radius 3 is 2.09 bits per heavy atom. The molecule has 0 atom stereocenters. The number of carboxylic acid groups (broad SMARTS) is 1. The van der Waals surface area contributed by atoms with Crippen molar-refractivity contribution in [1.82, 2.24) is 34.4 Å². The van der Waals surface area contributed by atoms with Gasteiger partial charge in [0.15, 0.2) is 11.6 Å². The molecule has 0 fully saturated rings. The van der Waals surface area contributed by atoms with E-state index >= 15 is 0 Å². The highest BCUT2D eigenvalue weighted by Gasteiger charge is 2.38. The van der Waals surface area contributed by atoms with E-state index in [1.807, 2.05) is 39.9 Å². The van der Waals surface area contributed by atoms with E-state index in [1.165, 1.54) is 31.1 Å². The van der Waals surface area contributed by atoms with E-state index in [9.17, 15) is 36.0 Å². The van der Waals surface area contributed by atoms with Gasteiger partial charge in [-0.15, -0.1) is 5.10 Å². The van der Waals surface area contributed by atoms with Gasteiger partial charge in [-0.25, -0.2) is 24.1 Å². The number of rotatable bonds is 11. The van der Waals surface area contributed by atoms with Crippen molar-refractivity contribution in [1.29, 1.82) is 0 Å². The molecular formula is C39H38Cl3F3N8O11S. The number of halogens is 6. The number of alkyl halides is 3. The van der Waals surface area contributed by atoms with Crippen molar-refractivity contribution >= 4 is 73.7 Å². The van der Waals surface area contributed by atoms with Crippen LogP contribution in [0.3, 0.4) is 0 Å². The Hall–Kier alpha value is -6.43. The van der Waals surface area contributed by atoms with Crippen molar-refractivity contribution in [2.75, 3.05) is 26.1 Å². The number of benzene rings is 2. The highest BCUT2D eigenvalue weighted by atomic mass is 35.5.